The van der Waals surface area contributed by atoms with Gasteiger partial charge in [0.15, 0.2) is 0 Å². The number of carbonyl (C=O) groups excluding carboxylic acids is 1. The van der Waals surface area contributed by atoms with E-state index in [-0.39, 0.29) is 11.7 Å². The van der Waals surface area contributed by atoms with Gasteiger partial charge in [0.25, 0.3) is 0 Å². The second-order valence-corrected chi connectivity index (χ2v) is 4.21. The van der Waals surface area contributed by atoms with Crippen molar-refractivity contribution < 1.29 is 9.18 Å². The minimum absolute atomic E-state index is 0.156. The van der Waals surface area contributed by atoms with Gasteiger partial charge in [-0.2, -0.15) is 0 Å². The molecule has 0 aromatic heterocycles. The average Bonchev–Trinajstić information content (AvgIpc) is 2.26. The third-order valence-corrected chi connectivity index (χ3v) is 2.89. The van der Waals surface area contributed by atoms with Gasteiger partial charge in [0, 0.05) is 13.1 Å². The van der Waals surface area contributed by atoms with Crippen molar-refractivity contribution in [1.29, 1.82) is 0 Å². The number of nitrogens with one attached hydrogen (secondary N) is 1. The van der Waals surface area contributed by atoms with Gasteiger partial charge < -0.3 is 10.2 Å². The highest BCUT2D eigenvalue weighted by molar-refractivity contribution is 5.76. The largest absolute Gasteiger partial charge is 0.325 e. The Hall–Kier alpha value is -1.32. The second-order valence-electron chi connectivity index (χ2n) is 4.21. The van der Waals surface area contributed by atoms with Gasteiger partial charge >= 0.3 is 6.03 Å². The monoisotopic (exact) mass is 226 g/mol. The van der Waals surface area contributed by atoms with Crippen molar-refractivity contribution in [2.75, 3.05) is 13.1 Å². The Labute approximate surface area is 96.0 Å². The maximum Gasteiger partial charge on any atom is 0.321 e. The molecule has 1 heterocycles. The number of amides is 2. The molecule has 1 aliphatic heterocycles. The molecule has 0 aliphatic carbocycles. The number of allylic oxidation sites excluding steroid dienone is 2. The van der Waals surface area contributed by atoms with Crippen LogP contribution in [-0.4, -0.2) is 24.0 Å². The molecule has 90 valence electrons. The Morgan fingerprint density at radius 2 is 2.06 bits per heavy atom. The summed E-state index contributed by atoms with van der Waals surface area (Å²) in [5, 5.41) is 2.52. The van der Waals surface area contributed by atoms with E-state index in [2.05, 4.69) is 18.8 Å². The van der Waals surface area contributed by atoms with Crippen LogP contribution in [0.2, 0.25) is 0 Å². The Kier molecular flexibility index (Phi) is 4.52. The van der Waals surface area contributed by atoms with Gasteiger partial charge in [0.2, 0.25) is 0 Å². The Balaban J connectivity index is 2.49. The molecule has 3 nitrogen and oxygen atoms in total. The fraction of sp³-hybridized carbons (Fsp3) is 0.583. The van der Waals surface area contributed by atoms with E-state index < -0.39 is 5.83 Å². The van der Waals surface area contributed by atoms with E-state index in [1.54, 1.807) is 11.8 Å². The first-order chi connectivity index (χ1) is 7.54. The molecule has 0 aromatic carbocycles. The lowest BCUT2D eigenvalue weighted by Crippen LogP contribution is -2.43. The second kappa shape index (κ2) is 5.68. The van der Waals surface area contributed by atoms with Crippen LogP contribution in [0, 0.1) is 5.92 Å². The summed E-state index contributed by atoms with van der Waals surface area (Å²) in [4.78, 5) is 13.5. The molecule has 0 aromatic rings. The molecular weight excluding hydrogens is 207 g/mol. The highest BCUT2D eigenvalue weighted by Gasteiger charge is 2.20. The minimum atomic E-state index is -0.610. The van der Waals surface area contributed by atoms with E-state index in [1.165, 1.54) is 6.08 Å². The molecule has 1 aliphatic rings. The third-order valence-electron chi connectivity index (χ3n) is 2.89. The molecule has 0 bridgehead atoms. The lowest BCUT2D eigenvalue weighted by Gasteiger charge is -2.30. The van der Waals surface area contributed by atoms with Crippen LogP contribution in [0.25, 0.3) is 0 Å². The van der Waals surface area contributed by atoms with Crippen molar-refractivity contribution in [3.63, 3.8) is 0 Å². The van der Waals surface area contributed by atoms with Crippen LogP contribution in [0.15, 0.2) is 24.2 Å². The summed E-state index contributed by atoms with van der Waals surface area (Å²) in [5.41, 5.74) is 0.156. The molecule has 0 unspecified atom stereocenters. The zero-order valence-electron chi connectivity index (χ0n) is 9.92. The van der Waals surface area contributed by atoms with E-state index in [4.69, 9.17) is 0 Å². The molecule has 0 atom stereocenters. The molecule has 1 saturated heterocycles. The number of urea groups is 1. The van der Waals surface area contributed by atoms with Crippen LogP contribution in [-0.2, 0) is 0 Å². The summed E-state index contributed by atoms with van der Waals surface area (Å²) in [7, 11) is 0. The lowest BCUT2D eigenvalue weighted by atomic mass is 10.00. The first-order valence-corrected chi connectivity index (χ1v) is 5.61. The maximum absolute atomic E-state index is 12.9. The molecule has 1 N–H and O–H groups in total. The SMILES string of the molecule is C=C(F)/C(=C\C)NC(=O)N1CCC(C)CC1. The van der Waals surface area contributed by atoms with E-state index in [1.807, 2.05) is 0 Å². The quantitative estimate of drug-likeness (QED) is 0.721. The summed E-state index contributed by atoms with van der Waals surface area (Å²) in [5.74, 6) is 0.0580. The summed E-state index contributed by atoms with van der Waals surface area (Å²) in [6.45, 7) is 8.49. The summed E-state index contributed by atoms with van der Waals surface area (Å²) < 4.78 is 12.9. The van der Waals surface area contributed by atoms with E-state index >= 15 is 0 Å². The van der Waals surface area contributed by atoms with Crippen LogP contribution in [0.1, 0.15) is 26.7 Å². The number of rotatable bonds is 2. The van der Waals surface area contributed by atoms with Gasteiger partial charge in [-0.25, -0.2) is 9.18 Å². The predicted octanol–water partition coefficient (Wildman–Crippen LogP) is 2.81. The third kappa shape index (κ3) is 3.36. The van der Waals surface area contributed by atoms with Crippen molar-refractivity contribution in [1.82, 2.24) is 10.2 Å². The number of carbonyl (C=O) groups is 1. The van der Waals surface area contributed by atoms with Gasteiger partial charge in [-0.05, 0) is 25.7 Å². The van der Waals surface area contributed by atoms with E-state index in [0.717, 1.165) is 25.9 Å². The van der Waals surface area contributed by atoms with Crippen molar-refractivity contribution in [3.05, 3.63) is 24.2 Å². The van der Waals surface area contributed by atoms with Crippen LogP contribution in [0.5, 0.6) is 0 Å². The first kappa shape index (κ1) is 12.7. The molecule has 1 rings (SSSR count). The Morgan fingerprint density at radius 3 is 2.50 bits per heavy atom. The van der Waals surface area contributed by atoms with Crippen LogP contribution in [0.3, 0.4) is 0 Å². The lowest BCUT2D eigenvalue weighted by molar-refractivity contribution is 0.176. The van der Waals surface area contributed by atoms with E-state index in [9.17, 15) is 9.18 Å². The van der Waals surface area contributed by atoms with Crippen molar-refractivity contribution in [3.8, 4) is 0 Å². The number of nitrogens with zero attached hydrogens (tertiary/aromatic N) is 1. The average molecular weight is 226 g/mol. The fourth-order valence-electron chi connectivity index (χ4n) is 1.70. The first-order valence-electron chi connectivity index (χ1n) is 5.61. The number of likely N-dealkylation sites (tertiary alicyclic amines) is 1. The fourth-order valence-corrected chi connectivity index (χ4v) is 1.70. The van der Waals surface area contributed by atoms with E-state index in [0.29, 0.717) is 5.92 Å². The molecular formula is C12H19FN2O. The summed E-state index contributed by atoms with van der Waals surface area (Å²) in [6, 6.07) is -0.237. The van der Waals surface area contributed by atoms with Crippen LogP contribution >= 0.6 is 0 Å². The zero-order valence-corrected chi connectivity index (χ0v) is 9.92. The van der Waals surface area contributed by atoms with Gasteiger partial charge in [-0.1, -0.05) is 19.6 Å². The standard InChI is InChI=1S/C12H19FN2O/c1-4-11(10(3)13)14-12(16)15-7-5-9(2)6-8-15/h4,9H,3,5-8H2,1-2H3,(H,14,16)/b11-4+. The number of halogens is 1. The van der Waals surface area contributed by atoms with Gasteiger partial charge in [0.1, 0.15) is 5.83 Å². The molecule has 0 spiro atoms. The maximum atomic E-state index is 12.9. The van der Waals surface area contributed by atoms with Crippen molar-refractivity contribution in [2.45, 2.75) is 26.7 Å². The van der Waals surface area contributed by atoms with Gasteiger partial charge in [-0.15, -0.1) is 0 Å². The minimum Gasteiger partial charge on any atom is -0.325 e. The predicted molar refractivity (Wildman–Crippen MR) is 62.5 cm³/mol. The highest BCUT2D eigenvalue weighted by atomic mass is 19.1. The van der Waals surface area contributed by atoms with Gasteiger partial charge in [0.05, 0.1) is 5.70 Å². The molecule has 2 amide bonds. The smallest absolute Gasteiger partial charge is 0.321 e. The summed E-state index contributed by atoms with van der Waals surface area (Å²) >= 11 is 0. The van der Waals surface area contributed by atoms with Gasteiger partial charge in [-0.3, -0.25) is 0 Å². The zero-order chi connectivity index (χ0) is 12.1. The number of hydrogen-bond acceptors (Lipinski definition) is 1. The molecule has 4 heteroatoms. The molecule has 16 heavy (non-hydrogen) atoms. The molecule has 0 radical (unpaired) electrons. The van der Waals surface area contributed by atoms with Crippen LogP contribution in [0.4, 0.5) is 9.18 Å². The number of piperidine rings is 1. The topological polar surface area (TPSA) is 32.3 Å². The Bertz CT molecular complexity index is 304. The molecule has 0 saturated carbocycles. The van der Waals surface area contributed by atoms with Crippen molar-refractivity contribution >= 4 is 6.03 Å². The van der Waals surface area contributed by atoms with Crippen molar-refractivity contribution in [2.24, 2.45) is 5.92 Å². The normalized spacial score (nSPS) is 18.4. The Morgan fingerprint density at radius 1 is 1.50 bits per heavy atom. The number of hydrogen-bond donors (Lipinski definition) is 1. The highest BCUT2D eigenvalue weighted by Crippen LogP contribution is 2.16. The molecule has 1 fully saturated rings. The summed E-state index contributed by atoms with van der Waals surface area (Å²) in [6.07, 6.45) is 3.52. The van der Waals surface area contributed by atoms with Crippen LogP contribution < -0.4 is 5.32 Å².